The van der Waals surface area contributed by atoms with Gasteiger partial charge in [0.15, 0.2) is 0 Å². The van der Waals surface area contributed by atoms with Crippen LogP contribution in [0.15, 0.2) is 0 Å². The molecule has 0 aromatic carbocycles. The first-order chi connectivity index (χ1) is 13.0. The van der Waals surface area contributed by atoms with E-state index in [-0.39, 0.29) is 6.54 Å². The van der Waals surface area contributed by atoms with E-state index in [1.165, 1.54) is 0 Å². The van der Waals surface area contributed by atoms with Crippen molar-refractivity contribution in [1.82, 2.24) is 9.80 Å². The summed E-state index contributed by atoms with van der Waals surface area (Å²) < 4.78 is 0. The van der Waals surface area contributed by atoms with Crippen LogP contribution in [0.3, 0.4) is 0 Å². The fraction of sp³-hybridized carbons (Fsp3) is 0.750. The van der Waals surface area contributed by atoms with Gasteiger partial charge in [0.2, 0.25) is 0 Å². The van der Waals surface area contributed by atoms with Gasteiger partial charge in [-0.3, -0.25) is 29.0 Å². The molecule has 0 saturated heterocycles. The first kappa shape index (κ1) is 23.8. The monoisotopic (exact) mass is 404 g/mol. The van der Waals surface area contributed by atoms with Crippen molar-refractivity contribution in [3.05, 3.63) is 0 Å². The molecule has 0 amide bonds. The Balaban J connectivity index is 3.29. The minimum absolute atomic E-state index is 0.247. The third-order valence-corrected chi connectivity index (χ3v) is 4.95. The second-order valence-electron chi connectivity index (χ2n) is 7.13. The van der Waals surface area contributed by atoms with Gasteiger partial charge in [0, 0.05) is 24.2 Å². The molecule has 0 heterocycles. The zero-order valence-electron chi connectivity index (χ0n) is 15.5. The summed E-state index contributed by atoms with van der Waals surface area (Å²) >= 11 is 0. The molecule has 3 atom stereocenters. The molecular formula is C16H28N4O8. The second kappa shape index (κ2) is 10.3. The molecule has 1 rings (SSSR count). The molecule has 8 N–H and O–H groups in total. The summed E-state index contributed by atoms with van der Waals surface area (Å²) in [5, 5.41) is 36.6. The highest BCUT2D eigenvalue weighted by Crippen LogP contribution is 2.31. The van der Waals surface area contributed by atoms with E-state index in [1.54, 1.807) is 0 Å². The Labute approximate surface area is 161 Å². The molecule has 1 aliphatic carbocycles. The highest BCUT2D eigenvalue weighted by Gasteiger charge is 2.46. The average molecular weight is 404 g/mol. The lowest BCUT2D eigenvalue weighted by molar-refractivity contribution is -0.147. The van der Waals surface area contributed by atoms with Crippen LogP contribution in [0.25, 0.3) is 0 Å². The predicted molar refractivity (Wildman–Crippen MR) is 95.7 cm³/mol. The van der Waals surface area contributed by atoms with Gasteiger partial charge >= 0.3 is 23.9 Å². The van der Waals surface area contributed by atoms with Gasteiger partial charge in [0.05, 0.1) is 26.2 Å². The zero-order valence-corrected chi connectivity index (χ0v) is 15.5. The number of aliphatic carboxylic acids is 4. The maximum absolute atomic E-state index is 11.3. The second-order valence-corrected chi connectivity index (χ2v) is 7.13. The first-order valence-electron chi connectivity index (χ1n) is 8.83. The van der Waals surface area contributed by atoms with Crippen LogP contribution in [0.4, 0.5) is 0 Å². The minimum Gasteiger partial charge on any atom is -0.480 e. The first-order valence-corrected chi connectivity index (χ1v) is 8.83. The van der Waals surface area contributed by atoms with Gasteiger partial charge in [0.25, 0.3) is 0 Å². The predicted octanol–water partition coefficient (Wildman–Crippen LogP) is -2.10. The molecule has 12 heteroatoms. The van der Waals surface area contributed by atoms with E-state index in [0.29, 0.717) is 19.3 Å². The zero-order chi connectivity index (χ0) is 21.5. The number of nitrogens with zero attached hydrogens (tertiary/aromatic N) is 2. The van der Waals surface area contributed by atoms with Gasteiger partial charge in [-0.25, -0.2) is 0 Å². The molecule has 1 saturated carbocycles. The van der Waals surface area contributed by atoms with Crippen LogP contribution in [-0.2, 0) is 19.2 Å². The maximum Gasteiger partial charge on any atom is 0.317 e. The number of carboxylic acid groups (broad SMARTS) is 4. The van der Waals surface area contributed by atoms with Crippen molar-refractivity contribution in [2.24, 2.45) is 11.5 Å². The SMILES string of the molecule is NC1CCCCC1(N)C(CN(CC(=O)O)CC(=O)O)N(CC(=O)O)CC(=O)O. The van der Waals surface area contributed by atoms with Crippen molar-refractivity contribution in [3.63, 3.8) is 0 Å². The number of nitrogens with two attached hydrogens (primary N) is 2. The van der Waals surface area contributed by atoms with Crippen molar-refractivity contribution in [2.45, 2.75) is 43.3 Å². The molecule has 0 aromatic heterocycles. The summed E-state index contributed by atoms with van der Waals surface area (Å²) in [6, 6.07) is -1.54. The molecule has 12 nitrogen and oxygen atoms in total. The number of hydrogen-bond donors (Lipinski definition) is 6. The Kier molecular flexibility index (Phi) is 8.75. The third kappa shape index (κ3) is 7.03. The molecular weight excluding hydrogens is 376 g/mol. The van der Waals surface area contributed by atoms with E-state index in [2.05, 4.69) is 0 Å². The molecule has 0 aliphatic heterocycles. The summed E-state index contributed by atoms with van der Waals surface area (Å²) in [4.78, 5) is 47.0. The number of hydrogen-bond acceptors (Lipinski definition) is 8. The van der Waals surface area contributed by atoms with Crippen LogP contribution in [0.2, 0.25) is 0 Å². The fourth-order valence-corrected chi connectivity index (χ4v) is 3.72. The molecule has 1 fully saturated rings. The Hall–Kier alpha value is -2.28. The van der Waals surface area contributed by atoms with Crippen LogP contribution in [0, 0.1) is 0 Å². The van der Waals surface area contributed by atoms with Crippen molar-refractivity contribution in [2.75, 3.05) is 32.7 Å². The van der Waals surface area contributed by atoms with E-state index in [9.17, 15) is 29.4 Å². The number of carboxylic acids is 4. The standard InChI is InChI=1S/C16H28N4O8/c17-10-3-1-2-4-16(10,18)11(20(8-14(25)26)9-15(27)28)5-19(6-12(21)22)7-13(23)24/h10-11H,1-9,17-18H2,(H,21,22)(H,23,24)(H,25,26)(H,27,28). The molecule has 0 bridgehead atoms. The molecule has 3 unspecified atom stereocenters. The molecule has 0 radical (unpaired) electrons. The summed E-state index contributed by atoms with van der Waals surface area (Å²) in [6.45, 7) is -2.80. The van der Waals surface area contributed by atoms with Crippen molar-refractivity contribution in [3.8, 4) is 0 Å². The Bertz CT molecular complexity index is 569. The van der Waals surface area contributed by atoms with Crippen molar-refractivity contribution in [1.29, 1.82) is 0 Å². The highest BCUT2D eigenvalue weighted by atomic mass is 16.4. The van der Waals surface area contributed by atoms with Crippen LogP contribution in [-0.4, -0.2) is 104 Å². The number of rotatable bonds is 12. The molecule has 28 heavy (non-hydrogen) atoms. The maximum atomic E-state index is 11.3. The van der Waals surface area contributed by atoms with Gasteiger partial charge in [0.1, 0.15) is 0 Å². The molecule has 1 aliphatic rings. The minimum atomic E-state index is -1.29. The Morgan fingerprint density at radius 1 is 0.893 bits per heavy atom. The Morgan fingerprint density at radius 2 is 1.36 bits per heavy atom. The summed E-state index contributed by atoms with van der Waals surface area (Å²) in [5.74, 6) is -5.13. The van der Waals surface area contributed by atoms with Gasteiger partial charge in [-0.05, 0) is 12.8 Å². The van der Waals surface area contributed by atoms with Gasteiger partial charge in [-0.2, -0.15) is 0 Å². The molecule has 0 spiro atoms. The van der Waals surface area contributed by atoms with Gasteiger partial charge in [-0.15, -0.1) is 0 Å². The van der Waals surface area contributed by atoms with E-state index in [0.717, 1.165) is 16.2 Å². The largest absolute Gasteiger partial charge is 0.480 e. The van der Waals surface area contributed by atoms with Gasteiger partial charge < -0.3 is 31.9 Å². The summed E-state index contributed by atoms with van der Waals surface area (Å²) in [7, 11) is 0. The quantitative estimate of drug-likeness (QED) is 0.207. The van der Waals surface area contributed by atoms with Crippen LogP contribution < -0.4 is 11.5 Å². The normalized spacial score (nSPS) is 23.5. The summed E-state index contributed by atoms with van der Waals surface area (Å²) in [6.07, 6.45) is 2.41. The fourth-order valence-electron chi connectivity index (χ4n) is 3.72. The van der Waals surface area contributed by atoms with E-state index in [4.69, 9.17) is 21.7 Å². The highest BCUT2D eigenvalue weighted by molar-refractivity contribution is 5.73. The molecule has 160 valence electrons. The van der Waals surface area contributed by atoms with E-state index >= 15 is 0 Å². The average Bonchev–Trinajstić information content (AvgIpc) is 2.52. The van der Waals surface area contributed by atoms with Crippen molar-refractivity contribution >= 4 is 23.9 Å². The lowest BCUT2D eigenvalue weighted by atomic mass is 9.72. The lowest BCUT2D eigenvalue weighted by Gasteiger charge is -2.49. The van der Waals surface area contributed by atoms with Gasteiger partial charge in [-0.1, -0.05) is 12.8 Å². The van der Waals surface area contributed by atoms with Crippen LogP contribution in [0.1, 0.15) is 25.7 Å². The van der Waals surface area contributed by atoms with E-state index in [1.807, 2.05) is 0 Å². The van der Waals surface area contributed by atoms with Crippen LogP contribution in [0.5, 0.6) is 0 Å². The summed E-state index contributed by atoms with van der Waals surface area (Å²) in [5.41, 5.74) is 11.5. The lowest BCUT2D eigenvalue weighted by Crippen LogP contribution is -2.71. The topological polar surface area (TPSA) is 208 Å². The smallest absolute Gasteiger partial charge is 0.317 e. The van der Waals surface area contributed by atoms with Crippen LogP contribution >= 0.6 is 0 Å². The third-order valence-electron chi connectivity index (χ3n) is 4.95. The van der Waals surface area contributed by atoms with E-state index < -0.39 is 67.7 Å². The Morgan fingerprint density at radius 3 is 1.75 bits per heavy atom. The molecule has 0 aromatic rings. The number of carbonyl (C=O) groups is 4. The van der Waals surface area contributed by atoms with Crippen molar-refractivity contribution < 1.29 is 39.6 Å².